The number of carbonyl (C=O) groups is 1. The molecule has 1 aromatic carbocycles. The van der Waals surface area contributed by atoms with Gasteiger partial charge in [0.05, 0.1) is 6.54 Å². The zero-order valence-corrected chi connectivity index (χ0v) is 10.1. The third-order valence-electron chi connectivity index (χ3n) is 1.82. The van der Waals surface area contributed by atoms with E-state index < -0.39 is 0 Å². The van der Waals surface area contributed by atoms with Gasteiger partial charge in [-0.1, -0.05) is 0 Å². The Balaban J connectivity index is 2.48. The Bertz CT molecular complexity index is 297. The van der Waals surface area contributed by atoms with Gasteiger partial charge in [0.1, 0.15) is 0 Å². The summed E-state index contributed by atoms with van der Waals surface area (Å²) in [5.41, 5.74) is 4.43. The van der Waals surface area contributed by atoms with Crippen molar-refractivity contribution in [2.24, 2.45) is 0 Å². The quantitative estimate of drug-likeness (QED) is 0.623. The molecule has 4 heteroatoms. The largest absolute Gasteiger partial charge is 0.358 e. The molecule has 1 rings (SSSR count). The van der Waals surface area contributed by atoms with Gasteiger partial charge in [-0.3, -0.25) is 4.79 Å². The van der Waals surface area contributed by atoms with Crippen LogP contribution in [0, 0.1) is 3.57 Å². The SMILES string of the molecule is [NH3+]CCCNC(=O)c1ccc(I)cc1. The Kier molecular flexibility index (Phi) is 4.89. The molecule has 3 nitrogen and oxygen atoms in total. The lowest BCUT2D eigenvalue weighted by Gasteiger charge is -2.03. The van der Waals surface area contributed by atoms with Crippen LogP contribution in [0.1, 0.15) is 16.8 Å². The van der Waals surface area contributed by atoms with E-state index in [1.807, 2.05) is 24.3 Å². The summed E-state index contributed by atoms with van der Waals surface area (Å²) < 4.78 is 1.14. The molecule has 0 aliphatic rings. The molecule has 0 aromatic heterocycles. The summed E-state index contributed by atoms with van der Waals surface area (Å²) in [4.78, 5) is 11.5. The third kappa shape index (κ3) is 3.63. The van der Waals surface area contributed by atoms with Crippen LogP contribution in [-0.4, -0.2) is 19.0 Å². The van der Waals surface area contributed by atoms with E-state index in [0.29, 0.717) is 6.54 Å². The summed E-state index contributed by atoms with van der Waals surface area (Å²) in [6, 6.07) is 7.52. The van der Waals surface area contributed by atoms with Crippen LogP contribution in [0.4, 0.5) is 0 Å². The van der Waals surface area contributed by atoms with Gasteiger partial charge in [0.15, 0.2) is 0 Å². The maximum Gasteiger partial charge on any atom is 0.251 e. The lowest BCUT2D eigenvalue weighted by molar-refractivity contribution is -0.367. The maximum absolute atomic E-state index is 11.5. The van der Waals surface area contributed by atoms with Crippen LogP contribution in [0.5, 0.6) is 0 Å². The number of benzene rings is 1. The van der Waals surface area contributed by atoms with E-state index in [4.69, 9.17) is 0 Å². The van der Waals surface area contributed by atoms with Gasteiger partial charge in [-0.2, -0.15) is 0 Å². The molecule has 0 aliphatic carbocycles. The average molecular weight is 305 g/mol. The molecule has 0 saturated carbocycles. The van der Waals surface area contributed by atoms with Gasteiger partial charge in [-0.05, 0) is 46.9 Å². The predicted molar refractivity (Wildman–Crippen MR) is 63.9 cm³/mol. The van der Waals surface area contributed by atoms with Crippen molar-refractivity contribution < 1.29 is 10.5 Å². The Morgan fingerprint density at radius 2 is 2.00 bits per heavy atom. The van der Waals surface area contributed by atoms with E-state index in [1.54, 1.807) is 0 Å². The molecule has 0 unspecified atom stereocenters. The van der Waals surface area contributed by atoms with Crippen molar-refractivity contribution in [3.8, 4) is 0 Å². The van der Waals surface area contributed by atoms with Crippen molar-refractivity contribution >= 4 is 28.5 Å². The number of nitrogens with one attached hydrogen (secondary N) is 1. The third-order valence-corrected chi connectivity index (χ3v) is 2.54. The van der Waals surface area contributed by atoms with Gasteiger partial charge in [-0.15, -0.1) is 0 Å². The van der Waals surface area contributed by atoms with E-state index in [1.165, 1.54) is 0 Å². The van der Waals surface area contributed by atoms with Crippen molar-refractivity contribution in [2.45, 2.75) is 6.42 Å². The minimum Gasteiger partial charge on any atom is -0.358 e. The van der Waals surface area contributed by atoms with Crippen LogP contribution < -0.4 is 11.1 Å². The number of hydrogen-bond donors (Lipinski definition) is 2. The first-order valence-electron chi connectivity index (χ1n) is 4.57. The normalized spacial score (nSPS) is 9.86. The second kappa shape index (κ2) is 5.98. The molecule has 0 heterocycles. The maximum atomic E-state index is 11.5. The van der Waals surface area contributed by atoms with E-state index in [2.05, 4.69) is 33.6 Å². The fraction of sp³-hybridized carbons (Fsp3) is 0.300. The van der Waals surface area contributed by atoms with Gasteiger partial charge in [0, 0.05) is 22.1 Å². The van der Waals surface area contributed by atoms with Gasteiger partial charge in [0.2, 0.25) is 0 Å². The molecule has 0 saturated heterocycles. The number of rotatable bonds is 4. The summed E-state index contributed by atoms with van der Waals surface area (Å²) in [6.07, 6.45) is 0.927. The predicted octanol–water partition coefficient (Wildman–Crippen LogP) is 0.653. The van der Waals surface area contributed by atoms with Gasteiger partial charge in [0.25, 0.3) is 5.91 Å². The highest BCUT2D eigenvalue weighted by atomic mass is 127. The number of amides is 1. The van der Waals surface area contributed by atoms with E-state index >= 15 is 0 Å². The summed E-state index contributed by atoms with van der Waals surface area (Å²) in [6.45, 7) is 1.56. The lowest BCUT2D eigenvalue weighted by Crippen LogP contribution is -2.51. The molecular weight excluding hydrogens is 291 g/mol. The highest BCUT2D eigenvalue weighted by Gasteiger charge is 2.03. The van der Waals surface area contributed by atoms with E-state index in [0.717, 1.165) is 22.1 Å². The highest BCUT2D eigenvalue weighted by molar-refractivity contribution is 14.1. The molecule has 0 aliphatic heterocycles. The molecular formula is C10H14IN2O+. The molecule has 0 spiro atoms. The van der Waals surface area contributed by atoms with Crippen LogP contribution in [0.3, 0.4) is 0 Å². The number of hydrogen-bond acceptors (Lipinski definition) is 1. The summed E-state index contributed by atoms with van der Waals surface area (Å²) in [7, 11) is 0. The zero-order valence-electron chi connectivity index (χ0n) is 7.92. The standard InChI is InChI=1S/C10H13IN2O/c11-9-4-2-8(3-5-9)10(14)13-7-1-6-12/h2-5H,1,6-7,12H2,(H,13,14)/p+1. The van der Waals surface area contributed by atoms with Crippen LogP contribution in [0.25, 0.3) is 0 Å². The number of quaternary nitrogens is 1. The molecule has 0 atom stereocenters. The Morgan fingerprint density at radius 1 is 1.36 bits per heavy atom. The second-order valence-corrected chi connectivity index (χ2v) is 4.22. The molecule has 14 heavy (non-hydrogen) atoms. The first-order chi connectivity index (χ1) is 6.74. The first-order valence-corrected chi connectivity index (χ1v) is 5.65. The number of halogens is 1. The van der Waals surface area contributed by atoms with Crippen LogP contribution >= 0.6 is 22.6 Å². The first kappa shape index (κ1) is 11.5. The molecule has 1 amide bonds. The van der Waals surface area contributed by atoms with Gasteiger partial charge < -0.3 is 11.1 Å². The van der Waals surface area contributed by atoms with E-state index in [9.17, 15) is 4.79 Å². The summed E-state index contributed by atoms with van der Waals surface area (Å²) >= 11 is 2.21. The van der Waals surface area contributed by atoms with Crippen LogP contribution in [-0.2, 0) is 0 Å². The monoisotopic (exact) mass is 305 g/mol. The second-order valence-electron chi connectivity index (χ2n) is 2.97. The van der Waals surface area contributed by atoms with Crippen LogP contribution in [0.15, 0.2) is 24.3 Å². The van der Waals surface area contributed by atoms with Crippen molar-refractivity contribution in [1.29, 1.82) is 0 Å². The van der Waals surface area contributed by atoms with E-state index in [-0.39, 0.29) is 5.91 Å². The molecule has 0 fully saturated rings. The average Bonchev–Trinajstić information content (AvgIpc) is 2.19. The molecule has 4 N–H and O–H groups in total. The van der Waals surface area contributed by atoms with Crippen molar-refractivity contribution in [3.05, 3.63) is 33.4 Å². The van der Waals surface area contributed by atoms with Crippen molar-refractivity contribution in [3.63, 3.8) is 0 Å². The fourth-order valence-electron chi connectivity index (χ4n) is 1.03. The summed E-state index contributed by atoms with van der Waals surface area (Å²) in [5.74, 6) is -0.00477. The minimum absolute atomic E-state index is 0.00477. The topological polar surface area (TPSA) is 56.7 Å². The van der Waals surface area contributed by atoms with Gasteiger partial charge >= 0.3 is 0 Å². The Hall–Kier alpha value is -0.620. The zero-order chi connectivity index (χ0) is 10.4. The highest BCUT2D eigenvalue weighted by Crippen LogP contribution is 2.06. The smallest absolute Gasteiger partial charge is 0.251 e. The number of carbonyl (C=O) groups excluding carboxylic acids is 1. The molecule has 1 aromatic rings. The molecule has 0 radical (unpaired) electrons. The minimum atomic E-state index is -0.00477. The van der Waals surface area contributed by atoms with Crippen LogP contribution in [0.2, 0.25) is 0 Å². The fourth-order valence-corrected chi connectivity index (χ4v) is 1.39. The lowest BCUT2D eigenvalue weighted by atomic mass is 10.2. The van der Waals surface area contributed by atoms with Crippen molar-refractivity contribution in [2.75, 3.05) is 13.1 Å². The molecule has 76 valence electrons. The Morgan fingerprint density at radius 3 is 2.57 bits per heavy atom. The molecule has 0 bridgehead atoms. The Labute approximate surface area is 97.2 Å². The van der Waals surface area contributed by atoms with Gasteiger partial charge in [-0.25, -0.2) is 0 Å². The van der Waals surface area contributed by atoms with Crippen molar-refractivity contribution in [1.82, 2.24) is 5.32 Å². The summed E-state index contributed by atoms with van der Waals surface area (Å²) in [5, 5.41) is 2.84.